The number of rotatable bonds is 7. The van der Waals surface area contributed by atoms with Crippen molar-refractivity contribution in [3.63, 3.8) is 0 Å². The van der Waals surface area contributed by atoms with Crippen LogP contribution in [0, 0.1) is 0 Å². The second-order valence-corrected chi connectivity index (χ2v) is 10.4. The van der Waals surface area contributed by atoms with Crippen LogP contribution in [0.5, 0.6) is 5.75 Å². The maximum Gasteiger partial charge on any atom is 0.267 e. The Morgan fingerprint density at radius 3 is 2.85 bits per heavy atom. The van der Waals surface area contributed by atoms with Crippen LogP contribution < -0.4 is 15.6 Å². The fraction of sp³-hybridized carbons (Fsp3) is 0.458. The molecule has 0 unspecified atom stereocenters. The van der Waals surface area contributed by atoms with Crippen molar-refractivity contribution >= 4 is 39.2 Å². The van der Waals surface area contributed by atoms with Gasteiger partial charge in [-0.25, -0.2) is 4.98 Å². The molecule has 0 bridgehead atoms. The summed E-state index contributed by atoms with van der Waals surface area (Å²) in [6.45, 7) is 1.28. The lowest BCUT2D eigenvalue weighted by atomic mass is 9.97. The largest absolute Gasteiger partial charge is 0.497 e. The average molecular weight is 486 g/mol. The highest BCUT2D eigenvalue weighted by atomic mass is 32.2. The highest BCUT2D eigenvalue weighted by molar-refractivity contribution is 7.99. The third-order valence-corrected chi connectivity index (χ3v) is 8.30. The number of thioether (sulfide) groups is 1. The molecule has 3 heterocycles. The maximum atomic E-state index is 13.7. The van der Waals surface area contributed by atoms with E-state index in [9.17, 15) is 9.59 Å². The van der Waals surface area contributed by atoms with Crippen molar-refractivity contribution in [3.05, 3.63) is 45.1 Å². The summed E-state index contributed by atoms with van der Waals surface area (Å²) in [5, 5.41) is 4.21. The monoisotopic (exact) mass is 485 g/mol. The van der Waals surface area contributed by atoms with E-state index in [1.54, 1.807) is 23.0 Å². The fourth-order valence-corrected chi connectivity index (χ4v) is 6.60. The van der Waals surface area contributed by atoms with Crippen LogP contribution in [-0.4, -0.2) is 47.6 Å². The third kappa shape index (κ3) is 4.67. The Morgan fingerprint density at radius 2 is 2.09 bits per heavy atom. The number of aromatic nitrogens is 2. The summed E-state index contributed by atoms with van der Waals surface area (Å²) in [5.74, 6) is 0.819. The summed E-state index contributed by atoms with van der Waals surface area (Å²) in [4.78, 5) is 33.2. The number of benzene rings is 1. The first kappa shape index (κ1) is 22.4. The summed E-state index contributed by atoms with van der Waals surface area (Å²) < 4.78 is 12.5. The van der Waals surface area contributed by atoms with Crippen molar-refractivity contribution in [1.29, 1.82) is 0 Å². The number of carbonyl (C=O) groups excluding carboxylic acids is 1. The summed E-state index contributed by atoms with van der Waals surface area (Å²) >= 11 is 2.92. The van der Waals surface area contributed by atoms with E-state index in [1.165, 1.54) is 16.6 Å². The predicted molar refractivity (Wildman–Crippen MR) is 131 cm³/mol. The lowest BCUT2D eigenvalue weighted by Gasteiger charge is -2.14. The molecule has 3 aromatic rings. The van der Waals surface area contributed by atoms with Gasteiger partial charge in [-0.15, -0.1) is 11.3 Å². The van der Waals surface area contributed by atoms with Gasteiger partial charge in [0.25, 0.3) is 5.56 Å². The van der Waals surface area contributed by atoms with Gasteiger partial charge in [-0.3, -0.25) is 14.2 Å². The zero-order valence-electron chi connectivity index (χ0n) is 18.6. The number of methoxy groups -OCH3 is 1. The molecule has 1 aromatic carbocycles. The van der Waals surface area contributed by atoms with Crippen LogP contribution in [-0.2, 0) is 22.4 Å². The maximum absolute atomic E-state index is 13.7. The lowest BCUT2D eigenvalue weighted by molar-refractivity contribution is -0.119. The molecule has 5 rings (SSSR count). The van der Waals surface area contributed by atoms with Crippen LogP contribution >= 0.6 is 23.1 Å². The summed E-state index contributed by atoms with van der Waals surface area (Å²) in [6.07, 6.45) is 6.30. The first-order chi connectivity index (χ1) is 16.1. The number of hydrogen-bond acceptors (Lipinski definition) is 7. The number of fused-ring (bicyclic) bond motifs is 3. The summed E-state index contributed by atoms with van der Waals surface area (Å²) in [7, 11) is 1.61. The van der Waals surface area contributed by atoms with Crippen molar-refractivity contribution < 1.29 is 14.3 Å². The molecule has 1 atom stereocenters. The molecule has 2 aromatic heterocycles. The molecule has 1 amide bonds. The quantitative estimate of drug-likeness (QED) is 0.406. The lowest BCUT2D eigenvalue weighted by Crippen LogP contribution is -2.33. The number of hydrogen-bond donors (Lipinski definition) is 1. The molecule has 1 fully saturated rings. The van der Waals surface area contributed by atoms with E-state index in [0.29, 0.717) is 17.4 Å². The second kappa shape index (κ2) is 9.87. The topological polar surface area (TPSA) is 82.4 Å². The van der Waals surface area contributed by atoms with Crippen molar-refractivity contribution in [2.45, 2.75) is 49.8 Å². The van der Waals surface area contributed by atoms with E-state index in [1.807, 2.05) is 24.3 Å². The SMILES string of the molecule is COc1ccc(-n2c(SCC(=O)NC[C@H]3CCCO3)nc3sc4c(c3c2=O)CCCC4)cc1. The Kier molecular flexibility index (Phi) is 6.71. The van der Waals surface area contributed by atoms with Crippen LogP contribution in [0.2, 0.25) is 0 Å². The number of carbonyl (C=O) groups is 1. The zero-order valence-corrected chi connectivity index (χ0v) is 20.2. The molecular weight excluding hydrogens is 458 g/mol. The van der Waals surface area contributed by atoms with Crippen molar-refractivity contribution in [2.24, 2.45) is 0 Å². The van der Waals surface area contributed by atoms with Crippen LogP contribution in [0.25, 0.3) is 15.9 Å². The standard InChI is InChI=1S/C24H27N3O4S2/c1-30-16-10-8-15(9-11-16)27-23(29)21-18-6-2-3-7-19(18)33-22(21)26-24(27)32-14-20(28)25-13-17-5-4-12-31-17/h8-11,17H,2-7,12-14H2,1H3,(H,25,28)/t17-/m1/s1. The molecular formula is C24H27N3O4S2. The molecule has 2 aliphatic rings. The highest BCUT2D eigenvalue weighted by Crippen LogP contribution is 2.35. The average Bonchev–Trinajstić information content (AvgIpc) is 3.49. The Hall–Kier alpha value is -2.36. The van der Waals surface area contributed by atoms with Gasteiger partial charge in [-0.2, -0.15) is 0 Å². The first-order valence-corrected chi connectivity index (χ1v) is 13.2. The molecule has 1 saturated heterocycles. The van der Waals surface area contributed by atoms with Crippen molar-refractivity contribution in [1.82, 2.24) is 14.9 Å². The van der Waals surface area contributed by atoms with E-state index in [2.05, 4.69) is 5.32 Å². The van der Waals surface area contributed by atoms with Crippen molar-refractivity contribution in [2.75, 3.05) is 26.0 Å². The minimum absolute atomic E-state index is 0.0631. The molecule has 174 valence electrons. The Balaban J connectivity index is 1.47. The first-order valence-electron chi connectivity index (χ1n) is 11.4. The van der Waals surface area contributed by atoms with Gasteiger partial charge in [0, 0.05) is 18.0 Å². The van der Waals surface area contributed by atoms with Gasteiger partial charge in [-0.05, 0) is 68.4 Å². The minimum Gasteiger partial charge on any atom is -0.497 e. The van der Waals surface area contributed by atoms with Gasteiger partial charge in [0.05, 0.1) is 30.0 Å². The van der Waals surface area contributed by atoms with E-state index >= 15 is 0 Å². The van der Waals surface area contributed by atoms with Crippen LogP contribution in [0.1, 0.15) is 36.1 Å². The van der Waals surface area contributed by atoms with Gasteiger partial charge in [0.15, 0.2) is 5.16 Å². The summed E-state index contributed by atoms with van der Waals surface area (Å²) in [5.41, 5.74) is 1.81. The second-order valence-electron chi connectivity index (χ2n) is 8.35. The van der Waals surface area contributed by atoms with Gasteiger partial charge in [-0.1, -0.05) is 11.8 Å². The van der Waals surface area contributed by atoms with Gasteiger partial charge >= 0.3 is 0 Å². The molecule has 33 heavy (non-hydrogen) atoms. The predicted octanol–water partition coefficient (Wildman–Crippen LogP) is 3.72. The van der Waals surface area contributed by atoms with Crippen LogP contribution in [0.15, 0.2) is 34.2 Å². The number of aryl methyl sites for hydroxylation is 2. The molecule has 0 spiro atoms. The van der Waals surface area contributed by atoms with Gasteiger partial charge in [0.1, 0.15) is 10.6 Å². The van der Waals surface area contributed by atoms with E-state index in [-0.39, 0.29) is 23.3 Å². The molecule has 0 radical (unpaired) electrons. The number of ether oxygens (including phenoxy) is 2. The molecule has 7 nitrogen and oxygen atoms in total. The molecule has 1 aliphatic heterocycles. The Labute approximate surface area is 200 Å². The minimum atomic E-state index is -0.0865. The number of amides is 1. The van der Waals surface area contributed by atoms with Crippen molar-refractivity contribution in [3.8, 4) is 11.4 Å². The Morgan fingerprint density at radius 1 is 1.27 bits per heavy atom. The smallest absolute Gasteiger partial charge is 0.267 e. The fourth-order valence-electron chi connectivity index (χ4n) is 4.46. The molecule has 0 saturated carbocycles. The van der Waals surface area contributed by atoms with Crippen LogP contribution in [0.3, 0.4) is 0 Å². The third-order valence-electron chi connectivity index (χ3n) is 6.17. The highest BCUT2D eigenvalue weighted by Gasteiger charge is 2.23. The Bertz CT molecular complexity index is 1210. The number of nitrogens with one attached hydrogen (secondary N) is 1. The molecule has 9 heteroatoms. The molecule has 1 N–H and O–H groups in total. The van der Waals surface area contributed by atoms with E-state index in [4.69, 9.17) is 14.5 Å². The van der Waals surface area contributed by atoms with E-state index < -0.39 is 0 Å². The van der Waals surface area contributed by atoms with E-state index in [0.717, 1.165) is 66.7 Å². The number of thiophene rings is 1. The normalized spacial score (nSPS) is 17.8. The van der Waals surface area contributed by atoms with Gasteiger partial charge in [0.2, 0.25) is 5.91 Å². The summed E-state index contributed by atoms with van der Waals surface area (Å²) in [6, 6.07) is 7.37. The van der Waals surface area contributed by atoms with Crippen LogP contribution in [0.4, 0.5) is 0 Å². The zero-order chi connectivity index (χ0) is 22.8. The number of nitrogens with zero attached hydrogens (tertiary/aromatic N) is 2. The molecule has 1 aliphatic carbocycles. The van der Waals surface area contributed by atoms with Gasteiger partial charge < -0.3 is 14.8 Å².